The van der Waals surface area contributed by atoms with Crippen molar-refractivity contribution in [2.75, 3.05) is 26.0 Å². The lowest BCUT2D eigenvalue weighted by atomic mass is 10.1. The van der Waals surface area contributed by atoms with Gasteiger partial charge in [-0.1, -0.05) is 6.07 Å². The van der Waals surface area contributed by atoms with Crippen molar-refractivity contribution in [1.29, 1.82) is 0 Å². The van der Waals surface area contributed by atoms with Gasteiger partial charge in [-0.2, -0.15) is 0 Å². The molecule has 138 valence electrons. The van der Waals surface area contributed by atoms with Gasteiger partial charge >= 0.3 is 0 Å². The summed E-state index contributed by atoms with van der Waals surface area (Å²) >= 11 is 1.65. The predicted octanol–water partition coefficient (Wildman–Crippen LogP) is 3.26. The van der Waals surface area contributed by atoms with Crippen LogP contribution in [-0.2, 0) is 0 Å². The average molecular weight is 374 g/mol. The summed E-state index contributed by atoms with van der Waals surface area (Å²) in [5.41, 5.74) is 0.648. The molecule has 1 atom stereocenters. The van der Waals surface area contributed by atoms with Gasteiger partial charge in [0.15, 0.2) is 0 Å². The minimum atomic E-state index is -0.452. The first-order valence-corrected chi connectivity index (χ1v) is 9.36. The first kappa shape index (κ1) is 18.3. The Hall–Kier alpha value is -2.45. The molecule has 1 unspecified atom stereocenters. The van der Waals surface area contributed by atoms with Gasteiger partial charge in [0.2, 0.25) is 0 Å². The number of hydrogen-bond acceptors (Lipinski definition) is 6. The maximum Gasteiger partial charge on any atom is 0.293 e. The molecule has 1 amide bonds. The largest absolute Gasteiger partial charge is 0.378 e. The monoisotopic (exact) mass is 374 g/mol. The number of nitrogens with one attached hydrogen (secondary N) is 2. The molecule has 1 saturated carbocycles. The van der Waals surface area contributed by atoms with Crippen molar-refractivity contribution in [3.63, 3.8) is 0 Å². The van der Waals surface area contributed by atoms with E-state index in [1.54, 1.807) is 23.5 Å². The number of rotatable bonds is 8. The highest BCUT2D eigenvalue weighted by atomic mass is 32.1. The molecule has 0 bridgehead atoms. The molecule has 1 aliphatic carbocycles. The third-order valence-corrected chi connectivity index (χ3v) is 5.32. The van der Waals surface area contributed by atoms with Crippen LogP contribution in [-0.4, -0.2) is 42.4 Å². The fourth-order valence-corrected chi connectivity index (χ4v) is 3.62. The molecule has 1 aliphatic rings. The molecule has 2 aromatic rings. The zero-order valence-electron chi connectivity index (χ0n) is 14.8. The second-order valence-electron chi connectivity index (χ2n) is 6.61. The van der Waals surface area contributed by atoms with E-state index in [-0.39, 0.29) is 23.7 Å². The molecule has 1 fully saturated rings. The standard InChI is InChI=1S/C18H22N4O3S/c1-21(2)16(17-4-3-9-26-17)11-19-14-8-5-12(10-15(14)22(24)25)18(23)20-13-6-7-13/h3-5,8-10,13,16,19H,6-7,11H2,1-2H3,(H,20,23). The van der Waals surface area contributed by atoms with Crippen LogP contribution in [0.2, 0.25) is 0 Å². The van der Waals surface area contributed by atoms with E-state index in [0.717, 1.165) is 12.8 Å². The van der Waals surface area contributed by atoms with Crippen LogP contribution in [0.5, 0.6) is 0 Å². The summed E-state index contributed by atoms with van der Waals surface area (Å²) < 4.78 is 0. The number of nitro groups is 1. The second kappa shape index (κ2) is 7.84. The normalized spacial score (nSPS) is 14.9. The molecule has 1 aromatic carbocycles. The minimum Gasteiger partial charge on any atom is -0.378 e. The Kier molecular flexibility index (Phi) is 5.53. The van der Waals surface area contributed by atoms with Crippen LogP contribution >= 0.6 is 11.3 Å². The number of thiophene rings is 1. The molecule has 8 heteroatoms. The van der Waals surface area contributed by atoms with Crippen molar-refractivity contribution in [2.24, 2.45) is 0 Å². The molecule has 7 nitrogen and oxygen atoms in total. The van der Waals surface area contributed by atoms with Crippen molar-refractivity contribution < 1.29 is 9.72 Å². The predicted molar refractivity (Wildman–Crippen MR) is 103 cm³/mol. The van der Waals surface area contributed by atoms with Gasteiger partial charge < -0.3 is 15.5 Å². The van der Waals surface area contributed by atoms with Gasteiger partial charge in [-0.05, 0) is 50.5 Å². The van der Waals surface area contributed by atoms with Gasteiger partial charge in [-0.3, -0.25) is 14.9 Å². The Morgan fingerprint density at radius 2 is 2.15 bits per heavy atom. The van der Waals surface area contributed by atoms with Crippen molar-refractivity contribution in [1.82, 2.24) is 10.2 Å². The highest BCUT2D eigenvalue weighted by molar-refractivity contribution is 7.10. The molecule has 3 rings (SSSR count). The molecular formula is C18H22N4O3S. The SMILES string of the molecule is CN(C)C(CNc1ccc(C(=O)NC2CC2)cc1[N+](=O)[O-])c1cccs1. The minimum absolute atomic E-state index is 0.0860. The number of anilines is 1. The van der Waals surface area contributed by atoms with Gasteiger partial charge in [0.05, 0.1) is 11.0 Å². The zero-order chi connectivity index (χ0) is 18.7. The molecule has 1 heterocycles. The van der Waals surface area contributed by atoms with Gasteiger partial charge in [0.25, 0.3) is 11.6 Å². The number of amides is 1. The van der Waals surface area contributed by atoms with E-state index in [0.29, 0.717) is 17.8 Å². The van der Waals surface area contributed by atoms with E-state index in [2.05, 4.69) is 21.6 Å². The van der Waals surface area contributed by atoms with Gasteiger partial charge in [-0.15, -0.1) is 11.3 Å². The van der Waals surface area contributed by atoms with E-state index in [9.17, 15) is 14.9 Å². The third kappa shape index (κ3) is 4.39. The molecule has 0 aliphatic heterocycles. The lowest BCUT2D eigenvalue weighted by Gasteiger charge is -2.24. The molecule has 26 heavy (non-hydrogen) atoms. The Labute approximate surface area is 156 Å². The fraction of sp³-hybridized carbons (Fsp3) is 0.389. The Morgan fingerprint density at radius 1 is 1.38 bits per heavy atom. The topological polar surface area (TPSA) is 87.5 Å². The highest BCUT2D eigenvalue weighted by Gasteiger charge is 2.25. The average Bonchev–Trinajstić information content (AvgIpc) is 3.25. The molecule has 0 radical (unpaired) electrons. The van der Waals surface area contributed by atoms with Crippen LogP contribution in [0.3, 0.4) is 0 Å². The van der Waals surface area contributed by atoms with Crippen LogP contribution in [0.4, 0.5) is 11.4 Å². The molecule has 1 aromatic heterocycles. The number of likely N-dealkylation sites (N-methyl/N-ethyl adjacent to an activating group) is 1. The molecule has 0 spiro atoms. The van der Waals surface area contributed by atoms with Crippen LogP contribution in [0.15, 0.2) is 35.7 Å². The zero-order valence-corrected chi connectivity index (χ0v) is 15.6. The van der Waals surface area contributed by atoms with Crippen molar-refractivity contribution in [3.8, 4) is 0 Å². The van der Waals surface area contributed by atoms with Crippen LogP contribution in [0.25, 0.3) is 0 Å². The summed E-state index contributed by atoms with van der Waals surface area (Å²) in [6.45, 7) is 0.530. The van der Waals surface area contributed by atoms with Gasteiger partial charge in [0.1, 0.15) is 5.69 Å². The number of nitro benzene ring substituents is 1. The number of hydrogen-bond donors (Lipinski definition) is 2. The first-order valence-electron chi connectivity index (χ1n) is 8.48. The smallest absolute Gasteiger partial charge is 0.293 e. The number of benzene rings is 1. The van der Waals surface area contributed by atoms with Crippen molar-refractivity contribution in [2.45, 2.75) is 24.9 Å². The van der Waals surface area contributed by atoms with E-state index < -0.39 is 4.92 Å². The Bertz CT molecular complexity index is 788. The number of carbonyl (C=O) groups excluding carboxylic acids is 1. The van der Waals surface area contributed by atoms with Gasteiger partial charge in [-0.25, -0.2) is 0 Å². The number of nitrogens with zero attached hydrogens (tertiary/aromatic N) is 2. The highest BCUT2D eigenvalue weighted by Crippen LogP contribution is 2.29. The lowest BCUT2D eigenvalue weighted by molar-refractivity contribution is -0.384. The van der Waals surface area contributed by atoms with E-state index in [4.69, 9.17) is 0 Å². The maximum atomic E-state index is 12.1. The summed E-state index contributed by atoms with van der Waals surface area (Å²) in [5.74, 6) is -0.257. The first-order chi connectivity index (χ1) is 12.5. The van der Waals surface area contributed by atoms with E-state index in [1.165, 1.54) is 10.9 Å². The van der Waals surface area contributed by atoms with Crippen LogP contribution in [0, 0.1) is 10.1 Å². The number of carbonyl (C=O) groups is 1. The molecular weight excluding hydrogens is 352 g/mol. The van der Waals surface area contributed by atoms with Crippen LogP contribution in [0.1, 0.15) is 34.1 Å². The summed E-state index contributed by atoms with van der Waals surface area (Å²) in [6, 6.07) is 8.95. The molecule has 2 N–H and O–H groups in total. The van der Waals surface area contributed by atoms with E-state index in [1.807, 2.05) is 25.5 Å². The van der Waals surface area contributed by atoms with Crippen LogP contribution < -0.4 is 10.6 Å². The Balaban J connectivity index is 1.75. The van der Waals surface area contributed by atoms with Gasteiger partial charge in [0, 0.05) is 29.1 Å². The van der Waals surface area contributed by atoms with Crippen molar-refractivity contribution in [3.05, 3.63) is 56.3 Å². The second-order valence-corrected chi connectivity index (χ2v) is 7.59. The van der Waals surface area contributed by atoms with E-state index >= 15 is 0 Å². The molecule has 0 saturated heterocycles. The third-order valence-electron chi connectivity index (χ3n) is 4.35. The summed E-state index contributed by atoms with van der Waals surface area (Å²) in [5, 5.41) is 19.5. The maximum absolute atomic E-state index is 12.1. The summed E-state index contributed by atoms with van der Waals surface area (Å²) in [7, 11) is 3.96. The Morgan fingerprint density at radius 3 is 2.73 bits per heavy atom. The summed E-state index contributed by atoms with van der Waals surface area (Å²) in [4.78, 5) is 26.4. The quantitative estimate of drug-likeness (QED) is 0.547. The summed E-state index contributed by atoms with van der Waals surface area (Å²) in [6.07, 6.45) is 1.95. The lowest BCUT2D eigenvalue weighted by Crippen LogP contribution is -2.27. The van der Waals surface area contributed by atoms with Crippen molar-refractivity contribution >= 4 is 28.6 Å². The fourth-order valence-electron chi connectivity index (χ4n) is 2.69.